The highest BCUT2D eigenvalue weighted by molar-refractivity contribution is 8.03. The van der Waals surface area contributed by atoms with Crippen LogP contribution in [-0.4, -0.2) is 6.54 Å². The summed E-state index contributed by atoms with van der Waals surface area (Å²) in [7, 11) is 0. The van der Waals surface area contributed by atoms with Crippen molar-refractivity contribution in [3.63, 3.8) is 0 Å². The molecular formula is C21H29NS. The molecule has 1 heterocycles. The Labute approximate surface area is 146 Å². The van der Waals surface area contributed by atoms with Crippen molar-refractivity contribution in [2.24, 2.45) is 17.8 Å². The summed E-state index contributed by atoms with van der Waals surface area (Å²) < 4.78 is 0. The monoisotopic (exact) mass is 327 g/mol. The number of thioether (sulfide) groups is 1. The van der Waals surface area contributed by atoms with Gasteiger partial charge in [0.15, 0.2) is 0 Å². The van der Waals surface area contributed by atoms with Gasteiger partial charge < -0.3 is 4.90 Å². The van der Waals surface area contributed by atoms with Crippen molar-refractivity contribution in [3.8, 4) is 0 Å². The summed E-state index contributed by atoms with van der Waals surface area (Å²) in [5.74, 6) is 2.04. The fraction of sp³-hybridized carbons (Fsp3) is 0.429. The van der Waals surface area contributed by atoms with Crippen molar-refractivity contribution in [3.05, 3.63) is 60.2 Å². The summed E-state index contributed by atoms with van der Waals surface area (Å²) in [5, 5.41) is 0. The van der Waals surface area contributed by atoms with E-state index < -0.39 is 0 Å². The number of anilines is 1. The molecule has 0 saturated heterocycles. The highest BCUT2D eigenvalue weighted by Gasteiger charge is 2.26. The van der Waals surface area contributed by atoms with Crippen LogP contribution in [0.4, 0.5) is 5.69 Å². The van der Waals surface area contributed by atoms with Gasteiger partial charge in [0.25, 0.3) is 0 Å². The van der Waals surface area contributed by atoms with E-state index in [-0.39, 0.29) is 0 Å². The van der Waals surface area contributed by atoms with Gasteiger partial charge in [0, 0.05) is 16.3 Å². The van der Waals surface area contributed by atoms with Gasteiger partial charge in [-0.25, -0.2) is 0 Å². The van der Waals surface area contributed by atoms with Crippen molar-refractivity contribution in [1.29, 1.82) is 0 Å². The van der Waals surface area contributed by atoms with Gasteiger partial charge in [-0.2, -0.15) is 0 Å². The first-order chi connectivity index (χ1) is 11.0. The first-order valence-corrected chi connectivity index (χ1v) is 9.33. The van der Waals surface area contributed by atoms with E-state index in [9.17, 15) is 0 Å². The predicted molar refractivity (Wildman–Crippen MR) is 105 cm³/mol. The van der Waals surface area contributed by atoms with Gasteiger partial charge in [0.1, 0.15) is 0 Å². The van der Waals surface area contributed by atoms with Crippen LogP contribution < -0.4 is 4.90 Å². The molecule has 0 saturated carbocycles. The first kappa shape index (κ1) is 17.9. The Kier molecular flexibility index (Phi) is 6.17. The molecule has 124 valence electrons. The zero-order valence-corrected chi connectivity index (χ0v) is 15.7. The fourth-order valence-electron chi connectivity index (χ4n) is 3.15. The van der Waals surface area contributed by atoms with E-state index in [4.69, 9.17) is 0 Å². The van der Waals surface area contributed by atoms with Crippen LogP contribution in [0.5, 0.6) is 0 Å². The zero-order valence-electron chi connectivity index (χ0n) is 14.9. The van der Waals surface area contributed by atoms with E-state index in [1.807, 2.05) is 12.2 Å². The molecule has 0 bridgehead atoms. The maximum absolute atomic E-state index is 4.06. The molecular weight excluding hydrogens is 298 g/mol. The van der Waals surface area contributed by atoms with E-state index in [1.165, 1.54) is 27.6 Å². The summed E-state index contributed by atoms with van der Waals surface area (Å²) in [6, 6.07) is 8.65. The third-order valence-corrected chi connectivity index (χ3v) is 5.59. The molecule has 0 fully saturated rings. The lowest BCUT2D eigenvalue weighted by atomic mass is 9.87. The van der Waals surface area contributed by atoms with E-state index in [1.54, 1.807) is 11.8 Å². The van der Waals surface area contributed by atoms with Crippen LogP contribution in [0, 0.1) is 17.8 Å². The van der Waals surface area contributed by atoms with Gasteiger partial charge in [-0.05, 0) is 42.4 Å². The number of rotatable bonds is 7. The van der Waals surface area contributed by atoms with Gasteiger partial charge in [-0.15, -0.1) is 0 Å². The third kappa shape index (κ3) is 4.11. The number of nitrogens with zero attached hydrogens (tertiary/aromatic N) is 1. The molecule has 1 unspecified atom stereocenters. The van der Waals surface area contributed by atoms with Crippen LogP contribution in [-0.2, 0) is 0 Å². The van der Waals surface area contributed by atoms with Crippen molar-refractivity contribution >= 4 is 17.4 Å². The molecule has 2 rings (SSSR count). The Morgan fingerprint density at radius 2 is 1.78 bits per heavy atom. The third-order valence-electron chi connectivity index (χ3n) is 4.43. The van der Waals surface area contributed by atoms with Gasteiger partial charge in [-0.3, -0.25) is 0 Å². The highest BCUT2D eigenvalue weighted by Crippen LogP contribution is 2.44. The van der Waals surface area contributed by atoms with Crippen molar-refractivity contribution in [1.82, 2.24) is 0 Å². The number of para-hydroxylation sites is 1. The second-order valence-corrected chi connectivity index (χ2v) is 8.06. The zero-order chi connectivity index (χ0) is 17.0. The Hall–Kier alpha value is -1.41. The lowest BCUT2D eigenvalue weighted by molar-refractivity contribution is 0.322. The summed E-state index contributed by atoms with van der Waals surface area (Å²) in [6.07, 6.45) is 5.18. The molecule has 0 spiro atoms. The van der Waals surface area contributed by atoms with E-state index in [0.717, 1.165) is 6.54 Å². The molecule has 1 aliphatic rings. The predicted octanol–water partition coefficient (Wildman–Crippen LogP) is 6.50. The second kappa shape index (κ2) is 7.92. The minimum Gasteiger partial charge on any atom is -0.339 e. The standard InChI is InChI=1S/C21H29NS/c1-7-18-20(8-2)23-21-12-10-9-11-19(21)22(18)14-17(16(5)6)13-15(3)4/h7-12,15-17H,1-2,13-14H2,3-6H3. The largest absolute Gasteiger partial charge is 0.339 e. The van der Waals surface area contributed by atoms with Crippen molar-refractivity contribution < 1.29 is 0 Å². The fourth-order valence-corrected chi connectivity index (χ4v) is 4.20. The summed E-state index contributed by atoms with van der Waals surface area (Å²) in [4.78, 5) is 4.95. The van der Waals surface area contributed by atoms with Crippen LogP contribution in [0.3, 0.4) is 0 Å². The van der Waals surface area contributed by atoms with Gasteiger partial charge in [0.05, 0.1) is 11.4 Å². The number of allylic oxidation sites excluding steroid dienone is 2. The molecule has 1 nitrogen and oxygen atoms in total. The minimum atomic E-state index is 0.659. The smallest absolute Gasteiger partial charge is 0.0552 e. The van der Waals surface area contributed by atoms with Gasteiger partial charge >= 0.3 is 0 Å². The molecule has 1 aromatic carbocycles. The van der Waals surface area contributed by atoms with Crippen LogP contribution in [0.25, 0.3) is 0 Å². The van der Waals surface area contributed by atoms with Crippen molar-refractivity contribution in [2.75, 3.05) is 11.4 Å². The summed E-state index contributed by atoms with van der Waals surface area (Å²) in [5.41, 5.74) is 2.49. The maximum atomic E-state index is 4.06. The molecule has 0 N–H and O–H groups in total. The Morgan fingerprint density at radius 1 is 1.09 bits per heavy atom. The second-order valence-electron chi connectivity index (χ2n) is 6.97. The topological polar surface area (TPSA) is 3.24 Å². The van der Waals surface area contributed by atoms with Gasteiger partial charge in [0.2, 0.25) is 0 Å². The average molecular weight is 328 g/mol. The summed E-state index contributed by atoms with van der Waals surface area (Å²) in [6.45, 7) is 18.4. The summed E-state index contributed by atoms with van der Waals surface area (Å²) >= 11 is 1.79. The molecule has 1 atom stereocenters. The van der Waals surface area contributed by atoms with Crippen LogP contribution in [0.2, 0.25) is 0 Å². The van der Waals surface area contributed by atoms with Crippen LogP contribution in [0.15, 0.2) is 65.1 Å². The normalized spacial score (nSPS) is 15.8. The first-order valence-electron chi connectivity index (χ1n) is 8.51. The number of benzene rings is 1. The van der Waals surface area contributed by atoms with E-state index in [2.05, 4.69) is 70.0 Å². The molecule has 0 radical (unpaired) electrons. The Bertz CT molecular complexity index is 598. The Morgan fingerprint density at radius 3 is 2.35 bits per heavy atom. The molecule has 1 aromatic rings. The van der Waals surface area contributed by atoms with Crippen LogP contribution >= 0.6 is 11.8 Å². The molecule has 1 aliphatic heterocycles. The average Bonchev–Trinajstić information content (AvgIpc) is 2.52. The van der Waals surface area contributed by atoms with Crippen LogP contribution in [0.1, 0.15) is 34.1 Å². The number of fused-ring (bicyclic) bond motifs is 1. The quantitative estimate of drug-likeness (QED) is 0.562. The lowest BCUT2D eigenvalue weighted by Gasteiger charge is -2.37. The van der Waals surface area contributed by atoms with E-state index in [0.29, 0.717) is 17.8 Å². The maximum Gasteiger partial charge on any atom is 0.0552 e. The molecule has 0 amide bonds. The molecule has 0 aliphatic carbocycles. The molecule has 23 heavy (non-hydrogen) atoms. The lowest BCUT2D eigenvalue weighted by Crippen LogP contribution is -2.33. The van der Waals surface area contributed by atoms with E-state index >= 15 is 0 Å². The Balaban J connectivity index is 2.41. The number of hydrogen-bond donors (Lipinski definition) is 0. The van der Waals surface area contributed by atoms with Crippen molar-refractivity contribution in [2.45, 2.75) is 39.0 Å². The molecule has 0 aromatic heterocycles. The molecule has 2 heteroatoms. The van der Waals surface area contributed by atoms with Gasteiger partial charge in [-0.1, -0.05) is 70.8 Å². The minimum absolute atomic E-state index is 0.659. The number of hydrogen-bond acceptors (Lipinski definition) is 2. The highest BCUT2D eigenvalue weighted by atomic mass is 32.2. The SMILES string of the molecule is C=CC1=C(C=C)N(CC(CC(C)C)C(C)C)c2ccccc2S1.